The van der Waals surface area contributed by atoms with Crippen LogP contribution in [-0.4, -0.2) is 43.6 Å². The van der Waals surface area contributed by atoms with Crippen molar-refractivity contribution in [3.8, 4) is 17.2 Å². The Morgan fingerprint density at radius 1 is 1.33 bits per heavy atom. The van der Waals surface area contributed by atoms with E-state index in [0.29, 0.717) is 58.8 Å². The summed E-state index contributed by atoms with van der Waals surface area (Å²) in [5, 5.41) is 10.2. The second-order valence-corrected chi connectivity index (χ2v) is 9.84. The van der Waals surface area contributed by atoms with Gasteiger partial charge in [0.15, 0.2) is 0 Å². The number of thiophene rings is 1. The van der Waals surface area contributed by atoms with Crippen molar-refractivity contribution in [3.05, 3.63) is 64.5 Å². The van der Waals surface area contributed by atoms with Crippen LogP contribution in [0.25, 0.3) is 21.2 Å². The highest BCUT2D eigenvalue weighted by Crippen LogP contribution is 2.43. The van der Waals surface area contributed by atoms with Crippen molar-refractivity contribution in [1.29, 1.82) is 5.26 Å². The van der Waals surface area contributed by atoms with E-state index in [-0.39, 0.29) is 27.2 Å². The van der Waals surface area contributed by atoms with Crippen LogP contribution >= 0.6 is 11.3 Å². The average Bonchev–Trinajstić information content (AvgIpc) is 3.05. The molecular weight excluding hydrogens is 482 g/mol. The number of fused-ring (bicyclic) bond motifs is 1. The van der Waals surface area contributed by atoms with E-state index in [1.807, 2.05) is 6.07 Å². The minimum Gasteiger partial charge on any atom is -0.481 e. The highest BCUT2D eigenvalue weighted by Gasteiger charge is 2.28. The van der Waals surface area contributed by atoms with Crippen molar-refractivity contribution in [3.63, 3.8) is 0 Å². The number of nitriles is 1. The van der Waals surface area contributed by atoms with Crippen molar-refractivity contribution in [2.75, 3.05) is 32.6 Å². The Hall–Kier alpha value is -3.48. The number of halogens is 2. The Morgan fingerprint density at radius 2 is 2.08 bits per heavy atom. The van der Waals surface area contributed by atoms with Crippen LogP contribution in [0.1, 0.15) is 35.6 Å². The summed E-state index contributed by atoms with van der Waals surface area (Å²) < 4.78 is 42.0. The molecule has 3 aromatic rings. The molecule has 36 heavy (non-hydrogen) atoms. The second kappa shape index (κ2) is 10.2. The first-order valence-electron chi connectivity index (χ1n) is 11.6. The van der Waals surface area contributed by atoms with E-state index in [9.17, 15) is 9.65 Å². The number of benzene rings is 2. The minimum atomic E-state index is -0.497. The molecule has 2 heterocycles. The number of aryl methyl sites for hydroxylation is 1. The standard InChI is InChI=1S/C27H28F2N4O2S/c1-14-12-19(27(32-17(4)34-5)33-9-11-35-10-8-15(33)2)16(3)24(29)22(14)18-6-7-21(28)25-23(18)20(13-30)26(31)36-25/h6-7,12,15H,4,8-11,31H2,1-3,5H3/b32-27+. The van der Waals surface area contributed by atoms with Crippen LogP contribution in [0, 0.1) is 36.8 Å². The maximum Gasteiger partial charge on any atom is 0.207 e. The molecule has 9 heteroatoms. The third-order valence-electron chi connectivity index (χ3n) is 6.57. The van der Waals surface area contributed by atoms with E-state index in [4.69, 9.17) is 15.2 Å². The number of hydrogen-bond donors (Lipinski definition) is 1. The SMILES string of the molecule is C=C(/N=C(\c1cc(C)c(-c2ccc(F)c3sc(N)c(C#N)c23)c(F)c1C)N1CCOCCC1C)OC. The summed E-state index contributed by atoms with van der Waals surface area (Å²) in [5.41, 5.74) is 8.47. The van der Waals surface area contributed by atoms with Crippen molar-refractivity contribution in [2.24, 2.45) is 4.99 Å². The van der Waals surface area contributed by atoms with Crippen LogP contribution in [0.2, 0.25) is 0 Å². The zero-order valence-corrected chi connectivity index (χ0v) is 21.6. The highest BCUT2D eigenvalue weighted by molar-refractivity contribution is 7.23. The van der Waals surface area contributed by atoms with Gasteiger partial charge in [0.2, 0.25) is 5.88 Å². The molecule has 0 spiro atoms. The molecule has 1 aliphatic rings. The van der Waals surface area contributed by atoms with Crippen LogP contribution in [0.3, 0.4) is 0 Å². The zero-order chi connectivity index (χ0) is 26.1. The summed E-state index contributed by atoms with van der Waals surface area (Å²) in [7, 11) is 1.49. The molecule has 6 nitrogen and oxygen atoms in total. The third kappa shape index (κ3) is 4.43. The summed E-state index contributed by atoms with van der Waals surface area (Å²) >= 11 is 0.990. The first-order valence-corrected chi connectivity index (χ1v) is 12.4. The van der Waals surface area contributed by atoms with E-state index < -0.39 is 11.6 Å². The Bertz CT molecular complexity index is 1420. The minimum absolute atomic E-state index is 0.0991. The Balaban J connectivity index is 1.96. The molecule has 1 aliphatic heterocycles. The van der Waals surface area contributed by atoms with Gasteiger partial charge in [0.25, 0.3) is 0 Å². The van der Waals surface area contributed by atoms with Gasteiger partial charge in [-0.3, -0.25) is 0 Å². The molecule has 1 aromatic heterocycles. The number of anilines is 1. The summed E-state index contributed by atoms with van der Waals surface area (Å²) in [6.45, 7) is 11.1. The normalized spacial score (nSPS) is 16.6. The lowest BCUT2D eigenvalue weighted by atomic mass is 9.90. The molecule has 0 bridgehead atoms. The fraction of sp³-hybridized carbons (Fsp3) is 0.333. The van der Waals surface area contributed by atoms with Gasteiger partial charge in [-0.25, -0.2) is 8.78 Å². The first kappa shape index (κ1) is 25.6. The lowest BCUT2D eigenvalue weighted by molar-refractivity contribution is 0.147. The topological polar surface area (TPSA) is 83.9 Å². The summed E-state index contributed by atoms with van der Waals surface area (Å²) in [6, 6.07) is 6.81. The molecule has 1 atom stereocenters. The van der Waals surface area contributed by atoms with Crippen molar-refractivity contribution in [1.82, 2.24) is 4.90 Å². The predicted molar refractivity (Wildman–Crippen MR) is 140 cm³/mol. The number of nitrogen functional groups attached to an aromatic ring is 1. The number of aliphatic imine (C=N–C) groups is 1. The number of nitrogens with two attached hydrogens (primary N) is 1. The Labute approximate surface area is 213 Å². The number of ether oxygens (including phenoxy) is 2. The van der Waals surface area contributed by atoms with Crippen LogP contribution in [0.4, 0.5) is 13.8 Å². The fourth-order valence-corrected chi connectivity index (χ4v) is 5.55. The number of nitrogens with zero attached hydrogens (tertiary/aromatic N) is 3. The number of amidine groups is 1. The van der Waals surface area contributed by atoms with Gasteiger partial charge in [0, 0.05) is 35.7 Å². The Kier molecular flexibility index (Phi) is 7.29. The van der Waals surface area contributed by atoms with Gasteiger partial charge in [0.05, 0.1) is 24.0 Å². The van der Waals surface area contributed by atoms with Gasteiger partial charge in [-0.1, -0.05) is 6.07 Å². The molecule has 0 saturated carbocycles. The van der Waals surface area contributed by atoms with Gasteiger partial charge >= 0.3 is 0 Å². The molecule has 2 N–H and O–H groups in total. The van der Waals surface area contributed by atoms with Gasteiger partial charge in [0.1, 0.15) is 28.5 Å². The van der Waals surface area contributed by atoms with E-state index in [2.05, 4.69) is 29.5 Å². The van der Waals surface area contributed by atoms with E-state index >= 15 is 4.39 Å². The van der Waals surface area contributed by atoms with Crippen molar-refractivity contribution in [2.45, 2.75) is 33.2 Å². The van der Waals surface area contributed by atoms with Crippen LogP contribution in [0.5, 0.6) is 0 Å². The number of rotatable bonds is 4. The van der Waals surface area contributed by atoms with Crippen LogP contribution < -0.4 is 5.73 Å². The first-order chi connectivity index (χ1) is 17.2. The van der Waals surface area contributed by atoms with Gasteiger partial charge in [-0.15, -0.1) is 11.3 Å². The lowest BCUT2D eigenvalue weighted by Gasteiger charge is -2.31. The van der Waals surface area contributed by atoms with E-state index in [0.717, 1.165) is 17.8 Å². The fourth-order valence-electron chi connectivity index (χ4n) is 4.60. The summed E-state index contributed by atoms with van der Waals surface area (Å²) in [6.07, 6.45) is 0.793. The highest BCUT2D eigenvalue weighted by atomic mass is 32.1. The van der Waals surface area contributed by atoms with Gasteiger partial charge in [-0.2, -0.15) is 10.3 Å². The lowest BCUT2D eigenvalue weighted by Crippen LogP contribution is -2.40. The summed E-state index contributed by atoms with van der Waals surface area (Å²) in [4.78, 5) is 6.70. The molecule has 0 radical (unpaired) electrons. The van der Waals surface area contributed by atoms with E-state index in [1.165, 1.54) is 19.2 Å². The maximum atomic E-state index is 16.2. The molecule has 1 fully saturated rings. The number of methoxy groups -OCH3 is 1. The van der Waals surface area contributed by atoms with Crippen molar-refractivity contribution >= 4 is 32.3 Å². The average molecular weight is 511 g/mol. The van der Waals surface area contributed by atoms with Crippen molar-refractivity contribution < 1.29 is 18.3 Å². The molecular formula is C27H28F2N4O2S. The molecule has 1 saturated heterocycles. The van der Waals surface area contributed by atoms with Crippen LogP contribution in [0.15, 0.2) is 35.7 Å². The number of hydrogen-bond acceptors (Lipinski definition) is 6. The summed E-state index contributed by atoms with van der Waals surface area (Å²) in [5.74, 6) is -0.214. The van der Waals surface area contributed by atoms with Crippen LogP contribution in [-0.2, 0) is 9.47 Å². The molecule has 188 valence electrons. The molecule has 2 aromatic carbocycles. The van der Waals surface area contributed by atoms with Gasteiger partial charge in [-0.05, 0) is 62.6 Å². The molecule has 1 unspecified atom stereocenters. The maximum absolute atomic E-state index is 16.2. The monoisotopic (exact) mass is 510 g/mol. The molecule has 4 rings (SSSR count). The quantitative estimate of drug-likeness (QED) is 0.269. The molecule has 0 aliphatic carbocycles. The Morgan fingerprint density at radius 3 is 2.78 bits per heavy atom. The third-order valence-corrected chi connectivity index (χ3v) is 7.60. The predicted octanol–water partition coefficient (Wildman–Crippen LogP) is 5.89. The second-order valence-electron chi connectivity index (χ2n) is 8.78. The van der Waals surface area contributed by atoms with Gasteiger partial charge < -0.3 is 20.1 Å². The van der Waals surface area contributed by atoms with E-state index in [1.54, 1.807) is 13.8 Å². The largest absolute Gasteiger partial charge is 0.481 e. The molecule has 0 amide bonds. The zero-order valence-electron chi connectivity index (χ0n) is 20.7. The smallest absolute Gasteiger partial charge is 0.207 e.